The van der Waals surface area contributed by atoms with Gasteiger partial charge in [-0.25, -0.2) is 4.98 Å². The van der Waals surface area contributed by atoms with Crippen molar-refractivity contribution < 1.29 is 4.79 Å². The molecule has 0 aliphatic carbocycles. The first-order chi connectivity index (χ1) is 12.3. The zero-order valence-corrected chi connectivity index (χ0v) is 14.6. The van der Waals surface area contributed by atoms with Crippen LogP contribution in [0, 0.1) is 0 Å². The predicted octanol–water partition coefficient (Wildman–Crippen LogP) is 4.36. The summed E-state index contributed by atoms with van der Waals surface area (Å²) in [5, 5.41) is 0. The molecule has 128 valence electrons. The number of aromatic nitrogens is 2. The normalized spacial score (nSPS) is 17.6. The molecule has 2 aromatic carbocycles. The van der Waals surface area contributed by atoms with Crippen molar-refractivity contribution in [2.45, 2.75) is 38.6 Å². The maximum atomic E-state index is 12.6. The van der Waals surface area contributed by atoms with E-state index in [1.807, 2.05) is 41.3 Å². The van der Waals surface area contributed by atoms with Crippen molar-refractivity contribution >= 4 is 22.6 Å². The lowest BCUT2D eigenvalue weighted by Crippen LogP contribution is -2.24. The summed E-state index contributed by atoms with van der Waals surface area (Å²) in [6.45, 7) is 3.87. The molecular weight excluding hydrogens is 310 g/mol. The molecule has 0 saturated carbocycles. The average molecular weight is 333 g/mol. The molecule has 0 radical (unpaired) electrons. The molecule has 1 aromatic heterocycles. The van der Waals surface area contributed by atoms with E-state index in [2.05, 4.69) is 29.7 Å². The lowest BCUT2D eigenvalue weighted by Gasteiger charge is -2.17. The van der Waals surface area contributed by atoms with Crippen LogP contribution >= 0.6 is 0 Å². The van der Waals surface area contributed by atoms with E-state index in [0.29, 0.717) is 13.0 Å². The largest absolute Gasteiger partial charge is 0.328 e. The Labute approximate surface area is 148 Å². The van der Waals surface area contributed by atoms with Crippen LogP contribution in [0.5, 0.6) is 0 Å². The third-order valence-corrected chi connectivity index (χ3v) is 4.98. The molecule has 0 N–H and O–H groups in total. The van der Waals surface area contributed by atoms with E-state index >= 15 is 0 Å². The van der Waals surface area contributed by atoms with Crippen molar-refractivity contribution in [3.63, 3.8) is 0 Å². The van der Waals surface area contributed by atoms with Crippen LogP contribution in [0.2, 0.25) is 0 Å². The van der Waals surface area contributed by atoms with Gasteiger partial charge in [-0.05, 0) is 30.7 Å². The molecule has 1 fully saturated rings. The Hall–Kier alpha value is -2.62. The van der Waals surface area contributed by atoms with Crippen LogP contribution in [-0.2, 0) is 11.3 Å². The number of rotatable bonds is 5. The summed E-state index contributed by atoms with van der Waals surface area (Å²) < 4.78 is 2.32. The molecule has 1 amide bonds. The van der Waals surface area contributed by atoms with Gasteiger partial charge in [0.1, 0.15) is 5.82 Å². The smallest absolute Gasteiger partial charge is 0.227 e. The van der Waals surface area contributed by atoms with Crippen LogP contribution in [0.3, 0.4) is 0 Å². The van der Waals surface area contributed by atoms with Gasteiger partial charge in [0, 0.05) is 31.1 Å². The molecule has 4 rings (SSSR count). The number of hydrogen-bond donors (Lipinski definition) is 0. The fraction of sp³-hybridized carbons (Fsp3) is 0.333. The highest BCUT2D eigenvalue weighted by Crippen LogP contribution is 2.33. The maximum absolute atomic E-state index is 12.6. The minimum Gasteiger partial charge on any atom is -0.328 e. The first-order valence-corrected chi connectivity index (χ1v) is 9.08. The molecule has 1 aliphatic heterocycles. The van der Waals surface area contributed by atoms with Gasteiger partial charge < -0.3 is 9.47 Å². The van der Waals surface area contributed by atoms with E-state index in [1.165, 1.54) is 5.52 Å². The van der Waals surface area contributed by atoms with Gasteiger partial charge in [0.15, 0.2) is 0 Å². The monoisotopic (exact) mass is 333 g/mol. The number of nitrogens with zero attached hydrogens (tertiary/aromatic N) is 3. The summed E-state index contributed by atoms with van der Waals surface area (Å²) in [7, 11) is 0. The quantitative estimate of drug-likeness (QED) is 0.696. The van der Waals surface area contributed by atoms with Crippen LogP contribution in [0.25, 0.3) is 11.0 Å². The van der Waals surface area contributed by atoms with E-state index in [4.69, 9.17) is 4.98 Å². The zero-order valence-electron chi connectivity index (χ0n) is 14.6. The second-order valence-corrected chi connectivity index (χ2v) is 6.70. The van der Waals surface area contributed by atoms with Crippen LogP contribution < -0.4 is 4.90 Å². The van der Waals surface area contributed by atoms with Crippen molar-refractivity contribution in [3.05, 3.63) is 60.4 Å². The van der Waals surface area contributed by atoms with Crippen molar-refractivity contribution in [1.82, 2.24) is 9.55 Å². The highest BCUT2D eigenvalue weighted by Gasteiger charge is 2.34. The summed E-state index contributed by atoms with van der Waals surface area (Å²) >= 11 is 0. The lowest BCUT2D eigenvalue weighted by molar-refractivity contribution is -0.117. The topological polar surface area (TPSA) is 38.1 Å². The van der Waals surface area contributed by atoms with Gasteiger partial charge in [-0.1, -0.05) is 43.7 Å². The summed E-state index contributed by atoms with van der Waals surface area (Å²) in [6, 6.07) is 18.2. The molecular formula is C21H23N3O. The minimum atomic E-state index is 0.150. The lowest BCUT2D eigenvalue weighted by atomic mass is 10.1. The summed E-state index contributed by atoms with van der Waals surface area (Å²) in [6.07, 6.45) is 2.80. The van der Waals surface area contributed by atoms with Crippen LogP contribution in [0.1, 0.15) is 37.9 Å². The van der Waals surface area contributed by atoms with Gasteiger partial charge >= 0.3 is 0 Å². The first kappa shape index (κ1) is 15.9. The number of carbonyl (C=O) groups is 1. The molecule has 0 bridgehead atoms. The Balaban J connectivity index is 1.69. The van der Waals surface area contributed by atoms with Crippen LogP contribution in [0.4, 0.5) is 5.69 Å². The Morgan fingerprint density at radius 2 is 1.84 bits per heavy atom. The van der Waals surface area contributed by atoms with E-state index in [1.54, 1.807) is 0 Å². The number of fused-ring (bicyclic) bond motifs is 1. The number of para-hydroxylation sites is 3. The van der Waals surface area contributed by atoms with E-state index in [0.717, 1.165) is 36.4 Å². The standard InChI is InChI=1S/C21H23N3O/c1-2-3-13-23-19-12-8-7-11-18(19)22-21(23)16-14-20(25)24(15-16)17-9-5-4-6-10-17/h4-12,16H,2-3,13-15H2,1H3/t16-/m1/s1. The average Bonchev–Trinajstić information content (AvgIpc) is 3.21. The predicted molar refractivity (Wildman–Crippen MR) is 101 cm³/mol. The Morgan fingerprint density at radius 1 is 1.08 bits per heavy atom. The van der Waals surface area contributed by atoms with E-state index in [9.17, 15) is 4.79 Å². The van der Waals surface area contributed by atoms with Crippen LogP contribution in [-0.4, -0.2) is 22.0 Å². The van der Waals surface area contributed by atoms with Gasteiger partial charge in [-0.2, -0.15) is 0 Å². The summed E-state index contributed by atoms with van der Waals surface area (Å²) in [5.74, 6) is 1.39. The number of aryl methyl sites for hydroxylation is 1. The third kappa shape index (κ3) is 2.93. The van der Waals surface area contributed by atoms with Crippen molar-refractivity contribution in [1.29, 1.82) is 0 Å². The van der Waals surface area contributed by atoms with Crippen molar-refractivity contribution in [3.8, 4) is 0 Å². The summed E-state index contributed by atoms with van der Waals surface area (Å²) in [5.41, 5.74) is 3.18. The molecule has 0 spiro atoms. The summed E-state index contributed by atoms with van der Waals surface area (Å²) in [4.78, 5) is 19.4. The number of imidazole rings is 1. The highest BCUT2D eigenvalue weighted by atomic mass is 16.2. The van der Waals surface area contributed by atoms with E-state index in [-0.39, 0.29) is 11.8 Å². The van der Waals surface area contributed by atoms with Gasteiger partial charge in [-0.3, -0.25) is 4.79 Å². The first-order valence-electron chi connectivity index (χ1n) is 9.08. The van der Waals surface area contributed by atoms with Crippen molar-refractivity contribution in [2.75, 3.05) is 11.4 Å². The molecule has 1 atom stereocenters. The van der Waals surface area contributed by atoms with E-state index < -0.39 is 0 Å². The van der Waals surface area contributed by atoms with Crippen molar-refractivity contribution in [2.24, 2.45) is 0 Å². The zero-order chi connectivity index (χ0) is 17.2. The molecule has 1 aliphatic rings. The Bertz CT molecular complexity index is 885. The van der Waals surface area contributed by atoms with Gasteiger partial charge in [0.2, 0.25) is 5.91 Å². The molecule has 3 aromatic rings. The molecule has 4 nitrogen and oxygen atoms in total. The number of carbonyl (C=O) groups excluding carboxylic acids is 1. The molecule has 0 unspecified atom stereocenters. The third-order valence-electron chi connectivity index (χ3n) is 4.98. The second kappa shape index (κ2) is 6.71. The number of hydrogen-bond acceptors (Lipinski definition) is 2. The van der Waals surface area contributed by atoms with Gasteiger partial charge in [-0.15, -0.1) is 0 Å². The Morgan fingerprint density at radius 3 is 2.64 bits per heavy atom. The fourth-order valence-corrected chi connectivity index (χ4v) is 3.70. The van der Waals surface area contributed by atoms with Crippen LogP contribution in [0.15, 0.2) is 54.6 Å². The second-order valence-electron chi connectivity index (χ2n) is 6.70. The Kier molecular flexibility index (Phi) is 4.26. The molecule has 1 saturated heterocycles. The molecule has 2 heterocycles. The fourth-order valence-electron chi connectivity index (χ4n) is 3.70. The highest BCUT2D eigenvalue weighted by molar-refractivity contribution is 5.96. The molecule has 25 heavy (non-hydrogen) atoms. The number of anilines is 1. The van der Waals surface area contributed by atoms with Gasteiger partial charge in [0.05, 0.1) is 11.0 Å². The number of amides is 1. The number of unbranched alkanes of at least 4 members (excludes halogenated alkanes) is 1. The maximum Gasteiger partial charge on any atom is 0.227 e. The molecule has 4 heteroatoms. The number of benzene rings is 2. The minimum absolute atomic E-state index is 0.150. The SMILES string of the molecule is CCCCn1c([C@@H]2CC(=O)N(c3ccccc3)C2)nc2ccccc21. The van der Waals surface area contributed by atoms with Gasteiger partial charge in [0.25, 0.3) is 0 Å².